The predicted octanol–water partition coefficient (Wildman–Crippen LogP) is 11.4. The number of allylic oxidation sites excluding steroid dienone is 3. The first-order chi connectivity index (χ1) is 20.3. The fraction of sp³-hybridized carbons (Fsp3) is 0.821. The van der Waals surface area contributed by atoms with Gasteiger partial charge >= 0.3 is 5.97 Å². The molecule has 0 heterocycles. The van der Waals surface area contributed by atoms with Gasteiger partial charge in [0.1, 0.15) is 0 Å². The number of hydrogen-bond acceptors (Lipinski definition) is 4. The van der Waals surface area contributed by atoms with Gasteiger partial charge in [-0.3, -0.25) is 4.79 Å². The molecule has 3 rings (SSSR count). The SMILES string of the molecule is C=C1[C@H](O[Si](C)(C)C(C)(C)C)CC(=C/C=C2\CCC[C@]3(C)[C@@H]([C@H](C)COC(=O)C(C)(C)C)CC[C@@H]23)C[C@H]1O[Si](C)(C)C(C)(C)C. The van der Waals surface area contributed by atoms with Crippen molar-refractivity contribution in [3.63, 3.8) is 0 Å². The van der Waals surface area contributed by atoms with Gasteiger partial charge in [0.15, 0.2) is 16.6 Å². The van der Waals surface area contributed by atoms with Gasteiger partial charge in [-0.2, -0.15) is 0 Å². The van der Waals surface area contributed by atoms with E-state index in [2.05, 4.69) is 100 Å². The lowest BCUT2D eigenvalue weighted by atomic mass is 9.61. The molecule has 0 aromatic heterocycles. The lowest BCUT2D eigenvalue weighted by molar-refractivity contribution is -0.155. The number of esters is 1. The largest absolute Gasteiger partial charge is 0.465 e. The zero-order valence-electron chi connectivity index (χ0n) is 32.0. The summed E-state index contributed by atoms with van der Waals surface area (Å²) in [5.41, 5.74) is 4.00. The predicted molar refractivity (Wildman–Crippen MR) is 196 cm³/mol. The summed E-state index contributed by atoms with van der Waals surface area (Å²) in [6.07, 6.45) is 12.9. The van der Waals surface area contributed by atoms with Gasteiger partial charge in [0.25, 0.3) is 0 Å². The minimum atomic E-state index is -1.99. The maximum Gasteiger partial charge on any atom is 0.311 e. The van der Waals surface area contributed by atoms with Crippen LogP contribution in [0.15, 0.2) is 35.5 Å². The van der Waals surface area contributed by atoms with E-state index < -0.39 is 22.0 Å². The molecule has 258 valence electrons. The number of fused-ring (bicyclic) bond motifs is 1. The van der Waals surface area contributed by atoms with Crippen LogP contribution in [0.2, 0.25) is 36.3 Å². The van der Waals surface area contributed by atoms with Gasteiger partial charge in [0, 0.05) is 0 Å². The Morgan fingerprint density at radius 3 is 1.89 bits per heavy atom. The van der Waals surface area contributed by atoms with E-state index in [0.717, 1.165) is 18.4 Å². The van der Waals surface area contributed by atoms with Crippen LogP contribution in [0.5, 0.6) is 0 Å². The van der Waals surface area contributed by atoms with E-state index in [9.17, 15) is 4.79 Å². The van der Waals surface area contributed by atoms with Crippen molar-refractivity contribution in [2.45, 2.75) is 170 Å². The second-order valence-electron chi connectivity index (χ2n) is 19.2. The average Bonchev–Trinajstić information content (AvgIpc) is 3.23. The van der Waals surface area contributed by atoms with Crippen LogP contribution in [0, 0.1) is 28.6 Å². The van der Waals surface area contributed by atoms with Gasteiger partial charge < -0.3 is 13.6 Å². The molecule has 3 saturated carbocycles. The smallest absolute Gasteiger partial charge is 0.311 e. The van der Waals surface area contributed by atoms with Crippen LogP contribution in [0.4, 0.5) is 0 Å². The molecular weight excluding hydrogens is 589 g/mol. The van der Waals surface area contributed by atoms with Gasteiger partial charge in [0.05, 0.1) is 24.2 Å². The Labute approximate surface area is 280 Å². The van der Waals surface area contributed by atoms with Crippen molar-refractivity contribution in [2.24, 2.45) is 28.6 Å². The molecule has 0 amide bonds. The normalized spacial score (nSPS) is 30.3. The van der Waals surface area contributed by atoms with Gasteiger partial charge in [0.2, 0.25) is 0 Å². The third-order valence-corrected chi connectivity index (χ3v) is 21.5. The summed E-state index contributed by atoms with van der Waals surface area (Å²) in [4.78, 5) is 12.5. The van der Waals surface area contributed by atoms with Gasteiger partial charge in [-0.15, -0.1) is 0 Å². The van der Waals surface area contributed by atoms with Crippen molar-refractivity contribution in [3.8, 4) is 0 Å². The van der Waals surface area contributed by atoms with E-state index in [1.54, 1.807) is 5.57 Å². The molecule has 0 radical (unpaired) electrons. The number of carbonyl (C=O) groups excluding carboxylic acids is 1. The monoisotopic (exact) mass is 658 g/mol. The molecule has 0 aliphatic heterocycles. The summed E-state index contributed by atoms with van der Waals surface area (Å²) in [5, 5.41) is 0.278. The Kier molecular flexibility index (Phi) is 11.6. The highest BCUT2D eigenvalue weighted by molar-refractivity contribution is 6.74. The van der Waals surface area contributed by atoms with Gasteiger partial charge in [-0.05, 0) is 131 Å². The first-order valence-electron chi connectivity index (χ1n) is 17.9. The van der Waals surface area contributed by atoms with Crippen LogP contribution in [-0.4, -0.2) is 41.4 Å². The molecule has 0 aromatic rings. The van der Waals surface area contributed by atoms with Crippen molar-refractivity contribution in [1.29, 1.82) is 0 Å². The van der Waals surface area contributed by atoms with Crippen LogP contribution in [0.1, 0.15) is 121 Å². The van der Waals surface area contributed by atoms with E-state index in [4.69, 9.17) is 13.6 Å². The third-order valence-electron chi connectivity index (χ3n) is 12.6. The summed E-state index contributed by atoms with van der Waals surface area (Å²) in [6, 6.07) is 0. The van der Waals surface area contributed by atoms with E-state index in [0.29, 0.717) is 24.4 Å². The van der Waals surface area contributed by atoms with E-state index in [-0.39, 0.29) is 33.7 Å². The van der Waals surface area contributed by atoms with Crippen molar-refractivity contribution in [3.05, 3.63) is 35.5 Å². The molecule has 6 atom stereocenters. The lowest BCUT2D eigenvalue weighted by Gasteiger charge is -2.46. The molecule has 45 heavy (non-hydrogen) atoms. The summed E-state index contributed by atoms with van der Waals surface area (Å²) in [5.74, 6) is 1.46. The highest BCUT2D eigenvalue weighted by Crippen LogP contribution is 2.59. The zero-order valence-corrected chi connectivity index (χ0v) is 34.0. The Hall–Kier alpha value is -0.956. The highest BCUT2D eigenvalue weighted by Gasteiger charge is 2.51. The highest BCUT2D eigenvalue weighted by atomic mass is 28.4. The summed E-state index contributed by atoms with van der Waals surface area (Å²) >= 11 is 0. The number of carbonyl (C=O) groups is 1. The second-order valence-corrected chi connectivity index (χ2v) is 28.7. The fourth-order valence-electron chi connectivity index (χ4n) is 7.44. The zero-order chi connectivity index (χ0) is 34.4. The molecule has 0 aromatic carbocycles. The van der Waals surface area contributed by atoms with E-state index in [1.807, 2.05) is 20.8 Å². The van der Waals surface area contributed by atoms with Crippen molar-refractivity contribution >= 4 is 22.6 Å². The number of hydrogen-bond donors (Lipinski definition) is 0. The topological polar surface area (TPSA) is 44.8 Å². The molecule has 0 unspecified atom stereocenters. The Morgan fingerprint density at radius 1 is 0.911 bits per heavy atom. The van der Waals surface area contributed by atoms with E-state index >= 15 is 0 Å². The number of ether oxygens (including phenoxy) is 1. The first kappa shape index (κ1) is 38.5. The third kappa shape index (κ3) is 8.75. The molecular formula is C39H70O4Si2. The average molecular weight is 659 g/mol. The van der Waals surface area contributed by atoms with Gasteiger partial charge in [-0.1, -0.05) is 85.3 Å². The Morgan fingerprint density at radius 2 is 1.42 bits per heavy atom. The second kappa shape index (κ2) is 13.5. The molecule has 3 fully saturated rings. The maximum absolute atomic E-state index is 12.5. The summed E-state index contributed by atoms with van der Waals surface area (Å²) in [6.45, 7) is 39.1. The molecule has 4 nitrogen and oxygen atoms in total. The fourth-order valence-corrected chi connectivity index (χ4v) is 10.0. The van der Waals surface area contributed by atoms with Crippen molar-refractivity contribution in [1.82, 2.24) is 0 Å². The molecule has 0 bridgehead atoms. The van der Waals surface area contributed by atoms with Crippen LogP contribution < -0.4 is 0 Å². The number of rotatable bonds is 8. The quantitative estimate of drug-likeness (QED) is 0.148. The summed E-state index contributed by atoms with van der Waals surface area (Å²) in [7, 11) is -3.99. The molecule has 3 aliphatic rings. The maximum atomic E-state index is 12.5. The van der Waals surface area contributed by atoms with Crippen LogP contribution in [0.25, 0.3) is 0 Å². The summed E-state index contributed by atoms with van der Waals surface area (Å²) < 4.78 is 20.0. The van der Waals surface area contributed by atoms with Crippen molar-refractivity contribution < 1.29 is 18.4 Å². The molecule has 6 heteroatoms. The van der Waals surface area contributed by atoms with Crippen molar-refractivity contribution in [2.75, 3.05) is 6.61 Å². The standard InChI is InChI=1S/C39H70O4Si2/c1-27(26-41-35(40)36(3,4)5)31-21-22-32-30(18-17-23-39(31,32)12)20-19-29-24-33(42-44(13,14)37(6,7)8)28(2)34(25-29)43-45(15,16)38(9,10)11/h19-20,27,31-34H,2,17-18,21-26H2,1,3-16H3/b30-20+/t27-,31-,32+,33-,34-,39-/m1/s1. The lowest BCUT2D eigenvalue weighted by Crippen LogP contribution is -2.49. The van der Waals surface area contributed by atoms with Crippen LogP contribution in [0.3, 0.4) is 0 Å². The molecule has 3 aliphatic carbocycles. The minimum absolute atomic E-state index is 0.00296. The van der Waals surface area contributed by atoms with Gasteiger partial charge in [-0.25, -0.2) is 0 Å². The van der Waals surface area contributed by atoms with E-state index in [1.165, 1.54) is 37.7 Å². The minimum Gasteiger partial charge on any atom is -0.465 e. The molecule has 0 N–H and O–H groups in total. The Bertz CT molecular complexity index is 1100. The molecule has 0 saturated heterocycles. The Balaban J connectivity index is 1.86. The van der Waals surface area contributed by atoms with Crippen LogP contribution in [-0.2, 0) is 18.4 Å². The molecule has 0 spiro atoms. The van der Waals surface area contributed by atoms with Crippen LogP contribution >= 0.6 is 0 Å². The first-order valence-corrected chi connectivity index (χ1v) is 23.7.